The molecule has 2 fully saturated rings. The fourth-order valence-corrected chi connectivity index (χ4v) is 16.0. The number of hydrogen-bond donors (Lipinski definition) is 4. The third-order valence-electron chi connectivity index (χ3n) is 20.1. The molecule has 0 bridgehead atoms. The van der Waals surface area contributed by atoms with Crippen LogP contribution in [-0.4, -0.2) is 163 Å². The van der Waals surface area contributed by atoms with Crippen LogP contribution in [0, 0.1) is 0 Å². The van der Waals surface area contributed by atoms with Gasteiger partial charge in [0, 0.05) is 107 Å². The van der Waals surface area contributed by atoms with E-state index in [0.717, 1.165) is 27.6 Å². The van der Waals surface area contributed by atoms with Gasteiger partial charge >= 0.3 is 65.1 Å². The number of hydroxylamine groups is 2. The summed E-state index contributed by atoms with van der Waals surface area (Å²) in [5.41, 5.74) is -0.201. The number of benzene rings is 8. The van der Waals surface area contributed by atoms with Crippen molar-refractivity contribution in [3.63, 3.8) is 0 Å². The number of likely N-dealkylation sites (tertiary alicyclic amines) is 1. The van der Waals surface area contributed by atoms with E-state index in [-0.39, 0.29) is 302 Å². The minimum Gasteiger partial charge on any atom is -0.511 e. The van der Waals surface area contributed by atoms with E-state index >= 15 is 0 Å². The van der Waals surface area contributed by atoms with Crippen LogP contribution in [0.1, 0.15) is 142 Å². The van der Waals surface area contributed by atoms with Crippen LogP contribution in [0.25, 0.3) is 95.6 Å². The predicted molar refractivity (Wildman–Crippen MR) is 484 cm³/mol. The molecule has 1 unspecified atom stereocenters. The Hall–Kier alpha value is -11.5. The Balaban J connectivity index is 0.000000204. The third kappa shape index (κ3) is 26.3. The van der Waals surface area contributed by atoms with Crippen molar-refractivity contribution in [3.8, 4) is 51.6 Å². The van der Waals surface area contributed by atoms with Crippen LogP contribution in [0.2, 0.25) is 20.1 Å². The number of aliphatic hydroxyl groups is 1. The van der Waals surface area contributed by atoms with Crippen molar-refractivity contribution in [1.29, 1.82) is 0 Å². The molecule has 41 nitrogen and oxygen atoms in total. The molecule has 7 aliphatic heterocycles. The molecule has 1 aromatic heterocycles. The van der Waals surface area contributed by atoms with Crippen molar-refractivity contribution < 1.29 is 192 Å². The second-order valence-electron chi connectivity index (χ2n) is 28.7. The summed E-state index contributed by atoms with van der Waals surface area (Å²) in [5, 5.41) is 44.0. The Labute approximate surface area is 847 Å². The summed E-state index contributed by atoms with van der Waals surface area (Å²) in [6.45, 7) is 1.07. The van der Waals surface area contributed by atoms with Crippen molar-refractivity contribution in [2.75, 3.05) is 25.6 Å². The normalized spacial score (nSPS) is 14.0. The number of hydrogen-bond acceptors (Lipinski definition) is 40. The number of rotatable bonds is 34. The topological polar surface area (TPSA) is 562 Å². The maximum atomic E-state index is 13.1. The Bertz CT molecular complexity index is 7020. The zero-order valence-corrected chi connectivity index (χ0v) is 79.6. The number of thioether (sulfide) groups is 1. The third-order valence-corrected chi connectivity index (χ3v) is 23.1. The van der Waals surface area contributed by atoms with Gasteiger partial charge in [-0.1, -0.05) is 99.3 Å². The van der Waals surface area contributed by atoms with Gasteiger partial charge < -0.3 is 45.8 Å². The first-order valence-electron chi connectivity index (χ1n) is 39.5. The van der Waals surface area contributed by atoms with E-state index in [1.165, 1.54) is 120 Å². The fourth-order valence-electron chi connectivity index (χ4n) is 13.8. The molecule has 4 N–H and O–H groups in total. The van der Waals surface area contributed by atoms with E-state index in [1.54, 1.807) is 0 Å². The number of fused-ring (bicyclic) bond motifs is 8. The molecule has 3 aliphatic carbocycles. The average molecular weight is 2040 g/mol. The van der Waals surface area contributed by atoms with Gasteiger partial charge in [-0.3, -0.25) is 91.4 Å². The second kappa shape index (κ2) is 50.2. The summed E-state index contributed by atoms with van der Waals surface area (Å²) in [4.78, 5) is 230. The number of aliphatic hydroxyl groups excluding tert-OH is 1. The number of aromatic hydroxyl groups is 1. The first-order valence-corrected chi connectivity index (χ1v) is 43.4. The first kappa shape index (κ1) is 109. The zero-order chi connectivity index (χ0) is 95.0. The van der Waals surface area contributed by atoms with Gasteiger partial charge in [-0.15, -0.1) is 16.8 Å². The molecule has 0 radical (unpaired) electrons. The maximum absolute atomic E-state index is 13.1. The number of halogens is 4. The minimum absolute atomic E-state index is 0. The number of aromatic nitrogens is 4. The van der Waals surface area contributed by atoms with Crippen molar-refractivity contribution in [2.24, 2.45) is 0 Å². The summed E-state index contributed by atoms with van der Waals surface area (Å²) in [5.74, 6) is -5.71. The molecule has 8 heterocycles. The molecular weight excluding hydrogens is 1970 g/mol. The fraction of sp³-hybridized carbons (Fsp3) is 0.253. The molecule has 137 heavy (non-hydrogen) atoms. The minimum atomic E-state index is -1.18. The van der Waals surface area contributed by atoms with Gasteiger partial charge in [-0.2, -0.15) is 0 Å². The van der Waals surface area contributed by atoms with Crippen LogP contribution in [0.5, 0.6) is 17.2 Å². The van der Waals surface area contributed by atoms with Gasteiger partial charge in [0.25, 0.3) is 66.6 Å². The van der Waals surface area contributed by atoms with Crippen LogP contribution >= 0.6 is 82.8 Å². The number of Topliss-reactive ketones (excluding diaryl/α,β-unsaturated/α-hetero) is 2. The molecule has 10 aliphatic rings. The Morgan fingerprint density at radius 1 is 0.467 bits per heavy atom. The van der Waals surface area contributed by atoms with E-state index in [1.807, 2.05) is 0 Å². The number of carbonyl (C=O) groups is 12. The Morgan fingerprint density at radius 3 is 1.44 bits per heavy atom. The quantitative estimate of drug-likeness (QED) is 0.00291. The van der Waals surface area contributed by atoms with E-state index in [2.05, 4.69) is 43.4 Å². The van der Waals surface area contributed by atoms with Gasteiger partial charge in [0.05, 0.1) is 25.3 Å². The predicted octanol–water partition coefficient (Wildman–Crippen LogP) is 7.40. The van der Waals surface area contributed by atoms with Gasteiger partial charge in [0.15, 0.2) is 84.5 Å². The molecule has 0 saturated carbocycles. The SMILES string of the molecule is C.C.O=C(CCCCCN1C(=O)C=CC1=O)c1c2oc3cc(OSOOO)c(Cl)cc3nc-2ccc1=O.O=C(ON1C(=O)CCC1=O)c1c(O)ccc2nc3cc(Cl)c(=O)cc-3oc12.O=C1C=CC(=O)N1CCCCCC(O)=c1c(=O)ccc2nc3cc(Cl)c(=O)cc3oc12.O=COCSC1CC(=O)N(CCCCCC(=O)c2c3oc4cc(OSOOO)c(Cl)cc4nc-3ccc2=O)C1=O.[Na+].[Na+]. The second-order valence-corrected chi connectivity index (χ2v) is 32.4. The number of unbranched alkanes of at least 4 members (excludes halogenated alkanes) is 6. The molecule has 5 aromatic carbocycles. The van der Waals surface area contributed by atoms with E-state index in [4.69, 9.17) is 87.8 Å². The molecule has 6 aromatic rings. The summed E-state index contributed by atoms with van der Waals surface area (Å²) >= 11 is 25.6. The van der Waals surface area contributed by atoms with E-state index in [0.29, 0.717) is 109 Å². The van der Waals surface area contributed by atoms with Crippen molar-refractivity contribution >= 4 is 215 Å². The molecule has 16 rings (SSSR count). The van der Waals surface area contributed by atoms with Gasteiger partial charge in [-0.25, -0.2) is 35.2 Å². The summed E-state index contributed by atoms with van der Waals surface area (Å²) in [6, 6.07) is 21.4. The molecule has 704 valence electrons. The molecule has 2 saturated heterocycles. The maximum Gasteiger partial charge on any atom is 1.00 e. The van der Waals surface area contributed by atoms with Crippen LogP contribution in [0.3, 0.4) is 0 Å². The van der Waals surface area contributed by atoms with E-state index < -0.39 is 73.1 Å². The van der Waals surface area contributed by atoms with Crippen LogP contribution in [0.4, 0.5) is 0 Å². The zero-order valence-electron chi connectivity index (χ0n) is 70.1. The summed E-state index contributed by atoms with van der Waals surface area (Å²) in [7, 11) is 0. The number of nitrogens with zero attached hydrogens (tertiary/aromatic N) is 8. The average Bonchev–Trinajstić information content (AvgIpc) is 1.67. The number of carbonyl (C=O) groups excluding carboxylic acids is 12. The van der Waals surface area contributed by atoms with Gasteiger partial charge in [-0.05, 0) is 111 Å². The number of ether oxygens (including phenoxy) is 1. The van der Waals surface area contributed by atoms with Crippen LogP contribution in [0.15, 0.2) is 163 Å². The number of amides is 8. The Kier molecular flexibility index (Phi) is 40.0. The standard InChI is InChI=1S/C24H21ClN2O11S2.C22H17ClN2O9S.C22H17ClN2O6.C17H9ClN2O7.2CH4.2Na/c25-13-8-15-19(9-18(13)36-40-38-37-33)35-23-14(26-15)5-6-17(30)22(23)16(29)4-2-1-3-7-27-21(31)10-20(24(27)32)39-12-34-11-28;23-12-10-14-18(11-17(12)32-35-34-33-30)31-22-13(24-14)5-6-16(27)21(22)15(26)4-2-1-3-9-25-19(28)7-8-20(25)29;23-12-10-14-18(11-17(12)28)31-22-13(24-14)5-6-16(27)21(22)15(26)4-2-1-3-9-25-19(29)7-8-20(25)30;18-7-5-9-12(6-11(7)22)26-16-8(19-9)1-2-10(21)15(16)17(25)27-20-13(23)3-4-14(20)24;;;;/h5-6,8-9,11,20,33H,1-4,7,10,12H2;5-8,10-11,30H,1-4,9H2;5-8,10-11,26H,1-4,9H2;1-2,5-6,21H,3-4H2;2*1H4;;/q;;;;;;2*+1. The van der Waals surface area contributed by atoms with Gasteiger partial charge in [0.2, 0.25) is 22.7 Å². The smallest absolute Gasteiger partial charge is 0.511 e. The van der Waals surface area contributed by atoms with Crippen molar-refractivity contribution in [3.05, 3.63) is 214 Å². The molecule has 50 heteroatoms. The monoisotopic (exact) mass is 2040 g/mol. The van der Waals surface area contributed by atoms with Crippen molar-refractivity contribution in [1.82, 2.24) is 39.7 Å². The van der Waals surface area contributed by atoms with Crippen molar-refractivity contribution in [2.45, 2.75) is 116 Å². The molecule has 1 atom stereocenters. The van der Waals surface area contributed by atoms with E-state index in [9.17, 15) is 91.7 Å². The molecule has 0 spiro atoms. The molecular formula is C87H72Cl4N8Na2O33S3+2. The first-order chi connectivity index (χ1) is 63.9. The number of imide groups is 4. The molecule has 8 amide bonds. The summed E-state index contributed by atoms with van der Waals surface area (Å²) in [6.07, 6.45) is 9.89. The van der Waals surface area contributed by atoms with Crippen LogP contribution in [-0.2, 0) is 71.5 Å². The van der Waals surface area contributed by atoms with Crippen LogP contribution < -0.4 is 99.8 Å². The number of phenols is 1. The number of ketones is 2. The largest absolute Gasteiger partial charge is 1.00 e. The summed E-state index contributed by atoms with van der Waals surface area (Å²) < 4.78 is 46.2. The van der Waals surface area contributed by atoms with Gasteiger partial charge in [0.1, 0.15) is 84.0 Å². The Morgan fingerprint density at radius 2 is 0.920 bits per heavy atom. The number of phenolic OH excluding ortho intramolecular Hbond substituents is 1.